The molecule has 15 heavy (non-hydrogen) atoms. The molecule has 0 fully saturated rings. The molecular formula is C11H20N2OS. The average Bonchev–Trinajstić information content (AvgIpc) is 2.64. The van der Waals surface area contributed by atoms with E-state index in [1.165, 1.54) is 4.88 Å². The largest absolute Gasteiger partial charge is 0.379 e. The van der Waals surface area contributed by atoms with Gasteiger partial charge in [-0.3, -0.25) is 0 Å². The van der Waals surface area contributed by atoms with E-state index in [2.05, 4.69) is 24.1 Å². The summed E-state index contributed by atoms with van der Waals surface area (Å²) in [6, 6.07) is 0.299. The lowest BCUT2D eigenvalue weighted by atomic mass is 10.3. The van der Waals surface area contributed by atoms with E-state index < -0.39 is 0 Å². The number of ether oxygens (including phenoxy) is 1. The number of hydrogen-bond donors (Lipinski definition) is 1. The van der Waals surface area contributed by atoms with Crippen molar-refractivity contribution in [2.45, 2.75) is 33.2 Å². The molecule has 0 spiro atoms. The molecule has 1 aromatic rings. The molecule has 4 heteroatoms. The van der Waals surface area contributed by atoms with Crippen LogP contribution >= 0.6 is 11.3 Å². The average molecular weight is 228 g/mol. The second kappa shape index (κ2) is 6.93. The highest BCUT2D eigenvalue weighted by Crippen LogP contribution is 2.20. The molecule has 0 bridgehead atoms. The van der Waals surface area contributed by atoms with Crippen molar-refractivity contribution >= 4 is 11.3 Å². The molecule has 0 radical (unpaired) electrons. The molecule has 0 saturated carbocycles. The number of hydrogen-bond acceptors (Lipinski definition) is 4. The molecule has 0 aliphatic carbocycles. The second-order valence-electron chi connectivity index (χ2n) is 3.47. The van der Waals surface area contributed by atoms with Gasteiger partial charge in [0.15, 0.2) is 0 Å². The maximum atomic E-state index is 5.58. The molecule has 0 saturated heterocycles. The van der Waals surface area contributed by atoms with Crippen LogP contribution in [-0.2, 0) is 4.74 Å². The molecule has 0 amide bonds. The fraction of sp³-hybridized carbons (Fsp3) is 0.727. The zero-order chi connectivity index (χ0) is 11.1. The first kappa shape index (κ1) is 12.6. The zero-order valence-corrected chi connectivity index (χ0v) is 10.6. The van der Waals surface area contributed by atoms with Crippen LogP contribution in [0.5, 0.6) is 0 Å². The lowest BCUT2D eigenvalue weighted by molar-refractivity contribution is 0.113. The van der Waals surface area contributed by atoms with Crippen LogP contribution in [0, 0.1) is 6.92 Å². The van der Waals surface area contributed by atoms with E-state index in [-0.39, 0.29) is 0 Å². The minimum Gasteiger partial charge on any atom is -0.379 e. The Morgan fingerprint density at radius 3 is 2.87 bits per heavy atom. The van der Waals surface area contributed by atoms with Gasteiger partial charge >= 0.3 is 0 Å². The molecule has 1 aromatic heterocycles. The Morgan fingerprint density at radius 2 is 2.33 bits per heavy atom. The summed E-state index contributed by atoms with van der Waals surface area (Å²) in [5, 5.41) is 4.53. The van der Waals surface area contributed by atoms with Gasteiger partial charge in [-0.15, -0.1) is 11.3 Å². The Kier molecular flexibility index (Phi) is 5.83. The standard InChI is InChI=1S/C11H20N2OS/c1-4-6-14-8-10(12-5-2)11-7-13-9(3)15-11/h7,10,12H,4-6,8H2,1-3H3. The van der Waals surface area contributed by atoms with Gasteiger partial charge in [-0.05, 0) is 19.9 Å². The normalized spacial score (nSPS) is 13.0. The van der Waals surface area contributed by atoms with Crippen LogP contribution < -0.4 is 5.32 Å². The smallest absolute Gasteiger partial charge is 0.0897 e. The molecule has 1 rings (SSSR count). The summed E-state index contributed by atoms with van der Waals surface area (Å²) >= 11 is 1.74. The van der Waals surface area contributed by atoms with Crippen LogP contribution in [0.15, 0.2) is 6.20 Å². The Balaban J connectivity index is 2.49. The number of aryl methyl sites for hydroxylation is 1. The lowest BCUT2D eigenvalue weighted by Gasteiger charge is -2.15. The summed E-state index contributed by atoms with van der Waals surface area (Å²) in [5.74, 6) is 0. The molecule has 1 heterocycles. The highest BCUT2D eigenvalue weighted by atomic mass is 32.1. The van der Waals surface area contributed by atoms with Crippen molar-refractivity contribution in [1.82, 2.24) is 10.3 Å². The molecule has 86 valence electrons. The van der Waals surface area contributed by atoms with Gasteiger partial charge < -0.3 is 10.1 Å². The Morgan fingerprint density at radius 1 is 1.53 bits per heavy atom. The predicted molar refractivity (Wildman–Crippen MR) is 64.4 cm³/mol. The summed E-state index contributed by atoms with van der Waals surface area (Å²) < 4.78 is 5.58. The Bertz CT molecular complexity index is 275. The first-order valence-corrected chi connectivity index (χ1v) is 6.33. The summed E-state index contributed by atoms with van der Waals surface area (Å²) in [6.07, 6.45) is 3.02. The lowest BCUT2D eigenvalue weighted by Crippen LogP contribution is -2.24. The SMILES string of the molecule is CCCOCC(NCC)c1cnc(C)s1. The van der Waals surface area contributed by atoms with Gasteiger partial charge in [0, 0.05) is 17.7 Å². The van der Waals surface area contributed by atoms with E-state index in [1.807, 2.05) is 13.1 Å². The van der Waals surface area contributed by atoms with Crippen LogP contribution in [0.1, 0.15) is 36.2 Å². The van der Waals surface area contributed by atoms with E-state index in [0.29, 0.717) is 6.04 Å². The predicted octanol–water partition coefficient (Wildman–Crippen LogP) is 2.53. The molecule has 3 nitrogen and oxygen atoms in total. The molecule has 0 aromatic carbocycles. The first-order valence-electron chi connectivity index (χ1n) is 5.51. The van der Waals surface area contributed by atoms with Gasteiger partial charge in [-0.1, -0.05) is 13.8 Å². The topological polar surface area (TPSA) is 34.1 Å². The number of nitrogens with one attached hydrogen (secondary N) is 1. The zero-order valence-electron chi connectivity index (χ0n) is 9.75. The molecule has 0 aliphatic rings. The molecule has 1 atom stereocenters. The molecule has 1 N–H and O–H groups in total. The van der Waals surface area contributed by atoms with Gasteiger partial charge in [0.1, 0.15) is 0 Å². The fourth-order valence-corrected chi connectivity index (χ4v) is 2.22. The Labute approximate surface area is 95.9 Å². The number of aromatic nitrogens is 1. The van der Waals surface area contributed by atoms with Crippen molar-refractivity contribution in [3.8, 4) is 0 Å². The highest BCUT2D eigenvalue weighted by molar-refractivity contribution is 7.11. The van der Waals surface area contributed by atoms with E-state index in [4.69, 9.17) is 4.74 Å². The maximum absolute atomic E-state index is 5.58. The van der Waals surface area contributed by atoms with Gasteiger partial charge in [-0.25, -0.2) is 4.98 Å². The summed E-state index contributed by atoms with van der Waals surface area (Å²) in [4.78, 5) is 5.54. The monoisotopic (exact) mass is 228 g/mol. The van der Waals surface area contributed by atoms with Gasteiger partial charge in [0.25, 0.3) is 0 Å². The van der Waals surface area contributed by atoms with Crippen molar-refractivity contribution in [3.05, 3.63) is 16.1 Å². The van der Waals surface area contributed by atoms with E-state index in [1.54, 1.807) is 11.3 Å². The first-order chi connectivity index (χ1) is 7.27. The van der Waals surface area contributed by atoms with E-state index in [0.717, 1.165) is 31.2 Å². The van der Waals surface area contributed by atoms with E-state index in [9.17, 15) is 0 Å². The number of nitrogens with zero attached hydrogens (tertiary/aromatic N) is 1. The third kappa shape index (κ3) is 4.28. The Hall–Kier alpha value is -0.450. The van der Waals surface area contributed by atoms with E-state index >= 15 is 0 Å². The summed E-state index contributed by atoms with van der Waals surface area (Å²) in [7, 11) is 0. The van der Waals surface area contributed by atoms with Crippen LogP contribution in [0.3, 0.4) is 0 Å². The van der Waals surface area contributed by atoms with Crippen molar-refractivity contribution < 1.29 is 4.74 Å². The number of thiazole rings is 1. The van der Waals surface area contributed by atoms with Gasteiger partial charge in [0.05, 0.1) is 17.7 Å². The highest BCUT2D eigenvalue weighted by Gasteiger charge is 2.12. The van der Waals surface area contributed by atoms with Crippen molar-refractivity contribution in [1.29, 1.82) is 0 Å². The molecular weight excluding hydrogens is 208 g/mol. The summed E-state index contributed by atoms with van der Waals surface area (Å²) in [6.45, 7) is 8.80. The van der Waals surface area contributed by atoms with Crippen molar-refractivity contribution in [2.75, 3.05) is 19.8 Å². The van der Waals surface area contributed by atoms with Crippen LogP contribution in [0.4, 0.5) is 0 Å². The number of rotatable bonds is 7. The van der Waals surface area contributed by atoms with Crippen molar-refractivity contribution in [2.24, 2.45) is 0 Å². The third-order valence-corrected chi connectivity index (χ3v) is 3.09. The molecule has 1 unspecified atom stereocenters. The summed E-state index contributed by atoms with van der Waals surface area (Å²) in [5.41, 5.74) is 0. The number of likely N-dealkylation sites (N-methyl/N-ethyl adjacent to an activating group) is 1. The third-order valence-electron chi connectivity index (χ3n) is 2.07. The van der Waals surface area contributed by atoms with Gasteiger partial charge in [0.2, 0.25) is 0 Å². The van der Waals surface area contributed by atoms with Crippen molar-refractivity contribution in [3.63, 3.8) is 0 Å². The fourth-order valence-electron chi connectivity index (χ4n) is 1.37. The van der Waals surface area contributed by atoms with Crippen LogP contribution in [-0.4, -0.2) is 24.7 Å². The van der Waals surface area contributed by atoms with Crippen LogP contribution in [0.2, 0.25) is 0 Å². The van der Waals surface area contributed by atoms with Gasteiger partial charge in [-0.2, -0.15) is 0 Å². The maximum Gasteiger partial charge on any atom is 0.0897 e. The minimum atomic E-state index is 0.299. The quantitative estimate of drug-likeness (QED) is 0.728. The second-order valence-corrected chi connectivity index (χ2v) is 4.73. The molecule has 0 aliphatic heterocycles. The van der Waals surface area contributed by atoms with Crippen LogP contribution in [0.25, 0.3) is 0 Å². The minimum absolute atomic E-state index is 0.299.